The van der Waals surface area contributed by atoms with Gasteiger partial charge in [0, 0.05) is 31.0 Å². The van der Waals surface area contributed by atoms with Gasteiger partial charge in [-0.1, -0.05) is 18.5 Å². The third kappa shape index (κ3) is 2.47. The largest absolute Gasteiger partial charge is 0.480 e. The molecule has 0 spiro atoms. The molecule has 1 aromatic carbocycles. The van der Waals surface area contributed by atoms with Crippen molar-refractivity contribution in [3.05, 3.63) is 40.4 Å². The molecule has 1 atom stereocenters. The van der Waals surface area contributed by atoms with Crippen LogP contribution in [0.15, 0.2) is 18.2 Å². The molecule has 120 valence electrons. The summed E-state index contributed by atoms with van der Waals surface area (Å²) >= 11 is 6.00. The molecule has 2 aromatic rings. The highest BCUT2D eigenvalue weighted by molar-refractivity contribution is 6.30. The zero-order chi connectivity index (χ0) is 16.0. The highest BCUT2D eigenvalue weighted by Gasteiger charge is 2.34. The average Bonchev–Trinajstić information content (AvgIpc) is 3.16. The molecule has 0 radical (unpaired) electrons. The third-order valence-corrected chi connectivity index (χ3v) is 4.67. The van der Waals surface area contributed by atoms with E-state index in [9.17, 15) is 4.79 Å². The first-order valence-electron chi connectivity index (χ1n) is 7.80. The van der Waals surface area contributed by atoms with Crippen LogP contribution < -0.4 is 4.74 Å². The summed E-state index contributed by atoms with van der Waals surface area (Å²) in [5, 5.41) is 9.04. The normalized spacial score (nSPS) is 19.2. The fraction of sp³-hybridized carbons (Fsp3) is 0.438. The molecule has 2 aliphatic rings. The number of hydrogen-bond acceptors (Lipinski definition) is 4. The predicted octanol–water partition coefficient (Wildman–Crippen LogP) is 1.84. The number of aromatic nitrogens is 3. The topological polar surface area (TPSA) is 60.2 Å². The summed E-state index contributed by atoms with van der Waals surface area (Å²) in [6.07, 6.45) is 0.949. The summed E-state index contributed by atoms with van der Waals surface area (Å²) in [6, 6.07) is 5.47. The molecule has 7 heteroatoms. The second kappa shape index (κ2) is 5.53. The number of amides is 1. The van der Waals surface area contributed by atoms with E-state index in [1.807, 2.05) is 17.0 Å². The van der Waals surface area contributed by atoms with Gasteiger partial charge < -0.3 is 14.2 Å². The summed E-state index contributed by atoms with van der Waals surface area (Å²) in [5.74, 6) is 2.58. The van der Waals surface area contributed by atoms with Crippen LogP contribution in [0.3, 0.4) is 0 Å². The van der Waals surface area contributed by atoms with Crippen LogP contribution in [0.5, 0.6) is 5.75 Å². The van der Waals surface area contributed by atoms with E-state index in [0.29, 0.717) is 24.5 Å². The number of hydrogen-bond donors (Lipinski definition) is 0. The Bertz CT molecular complexity index is 773. The summed E-state index contributed by atoms with van der Waals surface area (Å²) in [5.41, 5.74) is 0.990. The molecule has 1 amide bonds. The van der Waals surface area contributed by atoms with Gasteiger partial charge in [0.15, 0.2) is 11.9 Å². The molecule has 0 fully saturated rings. The minimum absolute atomic E-state index is 0.00428. The van der Waals surface area contributed by atoms with Crippen molar-refractivity contribution in [1.29, 1.82) is 0 Å². The van der Waals surface area contributed by atoms with E-state index < -0.39 is 6.10 Å². The van der Waals surface area contributed by atoms with E-state index in [-0.39, 0.29) is 5.91 Å². The van der Waals surface area contributed by atoms with Crippen molar-refractivity contribution in [2.45, 2.75) is 39.0 Å². The van der Waals surface area contributed by atoms with Gasteiger partial charge in [0.05, 0.1) is 6.54 Å². The molecule has 0 saturated heterocycles. The highest BCUT2D eigenvalue weighted by atomic mass is 35.5. The third-order valence-electron chi connectivity index (χ3n) is 4.43. The number of fused-ring (bicyclic) bond motifs is 2. The molecular weight excluding hydrogens is 316 g/mol. The second-order valence-electron chi connectivity index (χ2n) is 5.86. The van der Waals surface area contributed by atoms with Gasteiger partial charge in [0.1, 0.15) is 11.6 Å². The van der Waals surface area contributed by atoms with Crippen molar-refractivity contribution in [2.24, 2.45) is 0 Å². The molecule has 0 N–H and O–H groups in total. The quantitative estimate of drug-likeness (QED) is 0.842. The van der Waals surface area contributed by atoms with E-state index in [0.717, 1.165) is 35.9 Å². The van der Waals surface area contributed by atoms with Gasteiger partial charge in [0.2, 0.25) is 0 Å². The lowest BCUT2D eigenvalue weighted by Gasteiger charge is -2.29. The van der Waals surface area contributed by atoms with Gasteiger partial charge in [-0.25, -0.2) is 0 Å². The maximum atomic E-state index is 12.8. The molecule has 4 rings (SSSR count). The van der Waals surface area contributed by atoms with Gasteiger partial charge in [-0.05, 0) is 23.8 Å². The molecule has 1 aromatic heterocycles. The van der Waals surface area contributed by atoms with Crippen LogP contribution in [0, 0.1) is 0 Å². The van der Waals surface area contributed by atoms with E-state index in [1.165, 1.54) is 0 Å². The van der Waals surface area contributed by atoms with Crippen LogP contribution >= 0.6 is 11.6 Å². The standard InChI is InChI=1S/C16H17ClN4O2/c1-2-14-18-19-15-9-20(5-6-21(14)15)16(22)13-8-10-7-11(17)3-4-12(10)23-13/h3-4,7,13H,2,5-6,8-9H2,1H3. The van der Waals surface area contributed by atoms with Crippen molar-refractivity contribution in [3.63, 3.8) is 0 Å². The van der Waals surface area contributed by atoms with Gasteiger partial charge in [-0.2, -0.15) is 0 Å². The molecule has 1 unspecified atom stereocenters. The average molecular weight is 333 g/mol. The first-order valence-corrected chi connectivity index (χ1v) is 8.18. The number of rotatable bonds is 2. The lowest BCUT2D eigenvalue weighted by Crippen LogP contribution is -2.45. The molecule has 3 heterocycles. The van der Waals surface area contributed by atoms with Crippen molar-refractivity contribution in [2.75, 3.05) is 6.54 Å². The fourth-order valence-electron chi connectivity index (χ4n) is 3.23. The predicted molar refractivity (Wildman–Crippen MR) is 84.4 cm³/mol. The molecule has 0 bridgehead atoms. The lowest BCUT2D eigenvalue weighted by atomic mass is 10.1. The van der Waals surface area contributed by atoms with Crippen LogP contribution in [-0.2, 0) is 30.7 Å². The minimum Gasteiger partial charge on any atom is -0.480 e. The molecule has 0 aliphatic carbocycles. The van der Waals surface area contributed by atoms with Crippen molar-refractivity contribution < 1.29 is 9.53 Å². The maximum absolute atomic E-state index is 12.8. The Balaban J connectivity index is 1.49. The van der Waals surface area contributed by atoms with E-state index in [2.05, 4.69) is 21.7 Å². The number of nitrogens with zero attached hydrogens (tertiary/aromatic N) is 4. The zero-order valence-electron chi connectivity index (χ0n) is 12.8. The molecule has 23 heavy (non-hydrogen) atoms. The van der Waals surface area contributed by atoms with Gasteiger partial charge in [-0.3, -0.25) is 4.79 Å². The Morgan fingerprint density at radius 3 is 3.09 bits per heavy atom. The van der Waals surface area contributed by atoms with E-state index in [1.54, 1.807) is 6.07 Å². The summed E-state index contributed by atoms with van der Waals surface area (Å²) < 4.78 is 7.90. The first-order chi connectivity index (χ1) is 11.2. The number of benzene rings is 1. The Kier molecular flexibility index (Phi) is 3.49. The summed E-state index contributed by atoms with van der Waals surface area (Å²) in [7, 11) is 0. The Labute approximate surface area is 139 Å². The van der Waals surface area contributed by atoms with Crippen molar-refractivity contribution in [3.8, 4) is 5.75 Å². The van der Waals surface area contributed by atoms with Crippen LogP contribution in [0.2, 0.25) is 5.02 Å². The molecule has 6 nitrogen and oxygen atoms in total. The van der Waals surface area contributed by atoms with Gasteiger partial charge >= 0.3 is 0 Å². The smallest absolute Gasteiger partial charge is 0.264 e. The number of halogens is 1. The number of carbonyl (C=O) groups is 1. The molecule has 2 aliphatic heterocycles. The number of aryl methyl sites for hydroxylation is 1. The monoisotopic (exact) mass is 332 g/mol. The number of ether oxygens (including phenoxy) is 1. The summed E-state index contributed by atoms with van der Waals surface area (Å²) in [4.78, 5) is 14.6. The van der Waals surface area contributed by atoms with Crippen LogP contribution in [-0.4, -0.2) is 38.2 Å². The SMILES string of the molecule is CCc1nnc2n1CCN(C(=O)C1Cc3cc(Cl)ccc3O1)C2. The summed E-state index contributed by atoms with van der Waals surface area (Å²) in [6.45, 7) is 3.95. The lowest BCUT2D eigenvalue weighted by molar-refractivity contribution is -0.139. The van der Waals surface area contributed by atoms with Crippen LogP contribution in [0.25, 0.3) is 0 Å². The Hall–Kier alpha value is -2.08. The van der Waals surface area contributed by atoms with Gasteiger partial charge in [-0.15, -0.1) is 10.2 Å². The van der Waals surface area contributed by atoms with Crippen molar-refractivity contribution >= 4 is 17.5 Å². The van der Waals surface area contributed by atoms with Crippen LogP contribution in [0.4, 0.5) is 0 Å². The molecule has 0 saturated carbocycles. The Morgan fingerprint density at radius 1 is 1.39 bits per heavy atom. The van der Waals surface area contributed by atoms with E-state index >= 15 is 0 Å². The van der Waals surface area contributed by atoms with Gasteiger partial charge in [0.25, 0.3) is 5.91 Å². The fourth-order valence-corrected chi connectivity index (χ4v) is 3.42. The number of carbonyl (C=O) groups excluding carboxylic acids is 1. The van der Waals surface area contributed by atoms with E-state index in [4.69, 9.17) is 16.3 Å². The highest BCUT2D eigenvalue weighted by Crippen LogP contribution is 2.32. The van der Waals surface area contributed by atoms with Crippen LogP contribution in [0.1, 0.15) is 24.1 Å². The van der Waals surface area contributed by atoms with Crippen molar-refractivity contribution in [1.82, 2.24) is 19.7 Å². The first kappa shape index (κ1) is 14.5. The minimum atomic E-state index is -0.469. The second-order valence-corrected chi connectivity index (χ2v) is 6.30. The molecular formula is C16H17ClN4O2. The zero-order valence-corrected chi connectivity index (χ0v) is 13.6. The Morgan fingerprint density at radius 2 is 2.26 bits per heavy atom. The maximum Gasteiger partial charge on any atom is 0.264 e.